The molecule has 3 nitrogen and oxygen atoms in total. The molecular weight excluding hydrogens is 212 g/mol. The molecule has 17 heavy (non-hydrogen) atoms. The van der Waals surface area contributed by atoms with E-state index >= 15 is 0 Å². The van der Waals surface area contributed by atoms with Crippen molar-refractivity contribution < 1.29 is 5.11 Å². The smallest absolute Gasteiger partial charge is 0.0741 e. The quantitative estimate of drug-likeness (QED) is 0.741. The number of H-pyrrole nitrogens is 1. The molecule has 2 aromatic rings. The predicted octanol–water partition coefficient (Wildman–Crippen LogP) is 2.42. The van der Waals surface area contributed by atoms with Crippen LogP contribution in [0.25, 0.3) is 10.9 Å². The zero-order valence-electron chi connectivity index (χ0n) is 10.5. The van der Waals surface area contributed by atoms with Crippen LogP contribution >= 0.6 is 0 Å². The Morgan fingerprint density at radius 3 is 2.94 bits per heavy atom. The van der Waals surface area contributed by atoms with Crippen LogP contribution in [0, 0.1) is 0 Å². The third kappa shape index (κ3) is 3.08. The molecule has 1 aromatic carbocycles. The van der Waals surface area contributed by atoms with Crippen molar-refractivity contribution in [1.82, 2.24) is 10.3 Å². The summed E-state index contributed by atoms with van der Waals surface area (Å²) in [6.07, 6.45) is 2.71. The second kappa shape index (κ2) is 4.90. The zero-order valence-corrected chi connectivity index (χ0v) is 10.5. The van der Waals surface area contributed by atoms with E-state index in [0.717, 1.165) is 18.5 Å². The van der Waals surface area contributed by atoms with E-state index in [1.54, 1.807) is 0 Å². The van der Waals surface area contributed by atoms with Gasteiger partial charge >= 0.3 is 0 Å². The van der Waals surface area contributed by atoms with Gasteiger partial charge in [-0.05, 0) is 36.4 Å². The predicted molar refractivity (Wildman–Crippen MR) is 70.9 cm³/mol. The highest BCUT2D eigenvalue weighted by Gasteiger charge is 2.16. The summed E-state index contributed by atoms with van der Waals surface area (Å²) in [5, 5.41) is 14.4. The van der Waals surface area contributed by atoms with Gasteiger partial charge in [0.25, 0.3) is 0 Å². The molecule has 0 fully saturated rings. The maximum absolute atomic E-state index is 9.87. The van der Waals surface area contributed by atoms with E-state index in [4.69, 9.17) is 0 Å². The van der Waals surface area contributed by atoms with Crippen molar-refractivity contribution in [3.05, 3.63) is 36.0 Å². The summed E-state index contributed by atoms with van der Waals surface area (Å²) in [6, 6.07) is 8.43. The van der Waals surface area contributed by atoms with Crippen molar-refractivity contribution in [3.63, 3.8) is 0 Å². The normalized spacial score (nSPS) is 15.0. The molecule has 0 saturated heterocycles. The van der Waals surface area contributed by atoms with Crippen molar-refractivity contribution in [1.29, 1.82) is 0 Å². The molecule has 92 valence electrons. The van der Waals surface area contributed by atoms with Crippen LogP contribution in [-0.4, -0.2) is 22.2 Å². The first kappa shape index (κ1) is 12.1. The number of aromatic nitrogens is 1. The number of fused-ring (bicyclic) bond motifs is 1. The van der Waals surface area contributed by atoms with Gasteiger partial charge in [0.1, 0.15) is 0 Å². The fraction of sp³-hybridized carbons (Fsp3) is 0.429. The molecule has 0 aliphatic rings. The van der Waals surface area contributed by atoms with E-state index in [2.05, 4.69) is 34.6 Å². The van der Waals surface area contributed by atoms with E-state index in [1.807, 2.05) is 20.0 Å². The summed E-state index contributed by atoms with van der Waals surface area (Å²) in [4.78, 5) is 3.20. The molecule has 0 amide bonds. The lowest BCUT2D eigenvalue weighted by atomic mass is 10.0. The molecule has 1 heterocycles. The first-order valence-electron chi connectivity index (χ1n) is 6.10. The first-order chi connectivity index (χ1) is 8.11. The third-order valence-corrected chi connectivity index (χ3v) is 3.22. The summed E-state index contributed by atoms with van der Waals surface area (Å²) in [5.74, 6) is 0. The molecule has 0 saturated carbocycles. The van der Waals surface area contributed by atoms with Crippen molar-refractivity contribution in [2.45, 2.75) is 32.4 Å². The lowest BCUT2D eigenvalue weighted by Gasteiger charge is -2.21. The van der Waals surface area contributed by atoms with Gasteiger partial charge in [0.05, 0.1) is 5.60 Å². The van der Waals surface area contributed by atoms with E-state index in [-0.39, 0.29) is 0 Å². The fourth-order valence-corrected chi connectivity index (χ4v) is 1.81. The summed E-state index contributed by atoms with van der Waals surface area (Å²) in [7, 11) is 0. The average Bonchev–Trinajstić information content (AvgIpc) is 2.76. The highest BCUT2D eigenvalue weighted by Crippen LogP contribution is 2.14. The number of benzene rings is 1. The molecule has 0 aliphatic heterocycles. The van der Waals surface area contributed by atoms with Crippen LogP contribution in [0.3, 0.4) is 0 Å². The molecule has 1 unspecified atom stereocenters. The van der Waals surface area contributed by atoms with Crippen LogP contribution in [0.5, 0.6) is 0 Å². The van der Waals surface area contributed by atoms with Crippen LogP contribution in [0.1, 0.15) is 25.8 Å². The Hall–Kier alpha value is -1.32. The number of nitrogens with one attached hydrogen (secondary N) is 2. The van der Waals surface area contributed by atoms with E-state index < -0.39 is 5.60 Å². The number of hydrogen-bond donors (Lipinski definition) is 3. The standard InChI is InChI=1S/C14H20N2O/c1-3-14(2,17)10-15-9-11-4-5-12-6-7-16-13(12)8-11/h4-8,15-17H,3,9-10H2,1-2H3. The highest BCUT2D eigenvalue weighted by atomic mass is 16.3. The monoisotopic (exact) mass is 232 g/mol. The van der Waals surface area contributed by atoms with E-state index in [9.17, 15) is 5.11 Å². The second-order valence-electron chi connectivity index (χ2n) is 4.85. The van der Waals surface area contributed by atoms with Gasteiger partial charge in [0.2, 0.25) is 0 Å². The lowest BCUT2D eigenvalue weighted by molar-refractivity contribution is 0.0556. The van der Waals surface area contributed by atoms with E-state index in [0.29, 0.717) is 6.54 Å². The Labute approximate surface area is 102 Å². The largest absolute Gasteiger partial charge is 0.389 e. The van der Waals surface area contributed by atoms with Gasteiger partial charge in [-0.15, -0.1) is 0 Å². The maximum atomic E-state index is 9.87. The molecule has 0 aliphatic carbocycles. The van der Waals surface area contributed by atoms with Crippen molar-refractivity contribution >= 4 is 10.9 Å². The van der Waals surface area contributed by atoms with Gasteiger partial charge < -0.3 is 15.4 Å². The Morgan fingerprint density at radius 2 is 2.18 bits per heavy atom. The maximum Gasteiger partial charge on any atom is 0.0741 e. The molecule has 1 aromatic heterocycles. The van der Waals surface area contributed by atoms with Crippen molar-refractivity contribution in [2.24, 2.45) is 0 Å². The SMILES string of the molecule is CCC(C)(O)CNCc1ccc2cc[nH]c2c1. The van der Waals surface area contributed by atoms with Gasteiger partial charge in [-0.1, -0.05) is 19.1 Å². The number of aromatic amines is 1. The summed E-state index contributed by atoms with van der Waals surface area (Å²) in [5.41, 5.74) is 1.77. The topological polar surface area (TPSA) is 48.0 Å². The Bertz CT molecular complexity index is 488. The van der Waals surface area contributed by atoms with Crippen molar-refractivity contribution in [2.75, 3.05) is 6.54 Å². The molecular formula is C14H20N2O. The molecule has 3 N–H and O–H groups in total. The van der Waals surface area contributed by atoms with Crippen LogP contribution < -0.4 is 5.32 Å². The molecule has 0 spiro atoms. The lowest BCUT2D eigenvalue weighted by Crippen LogP contribution is -2.36. The highest BCUT2D eigenvalue weighted by molar-refractivity contribution is 5.79. The number of aliphatic hydroxyl groups is 1. The van der Waals surface area contributed by atoms with Gasteiger partial charge in [0.15, 0.2) is 0 Å². The molecule has 3 heteroatoms. The Balaban J connectivity index is 1.95. The van der Waals surface area contributed by atoms with Crippen LogP contribution in [0.4, 0.5) is 0 Å². The zero-order chi connectivity index (χ0) is 12.3. The van der Waals surface area contributed by atoms with Gasteiger partial charge in [0, 0.05) is 24.8 Å². The first-order valence-corrected chi connectivity index (χ1v) is 6.10. The average molecular weight is 232 g/mol. The number of hydrogen-bond acceptors (Lipinski definition) is 2. The number of rotatable bonds is 5. The van der Waals surface area contributed by atoms with Crippen molar-refractivity contribution in [3.8, 4) is 0 Å². The molecule has 2 rings (SSSR count). The minimum Gasteiger partial charge on any atom is -0.389 e. The minimum atomic E-state index is -0.615. The molecule has 0 bridgehead atoms. The molecule has 0 radical (unpaired) electrons. The van der Waals surface area contributed by atoms with E-state index in [1.165, 1.54) is 10.9 Å². The second-order valence-corrected chi connectivity index (χ2v) is 4.85. The fourth-order valence-electron chi connectivity index (χ4n) is 1.81. The summed E-state index contributed by atoms with van der Waals surface area (Å²) >= 11 is 0. The van der Waals surface area contributed by atoms with Gasteiger partial charge in [-0.3, -0.25) is 0 Å². The van der Waals surface area contributed by atoms with Crippen LogP contribution in [0.2, 0.25) is 0 Å². The third-order valence-electron chi connectivity index (χ3n) is 3.22. The van der Waals surface area contributed by atoms with Gasteiger partial charge in [-0.25, -0.2) is 0 Å². The summed E-state index contributed by atoms with van der Waals surface area (Å²) < 4.78 is 0. The van der Waals surface area contributed by atoms with Crippen LogP contribution in [-0.2, 0) is 6.54 Å². The Morgan fingerprint density at radius 1 is 1.35 bits per heavy atom. The molecule has 1 atom stereocenters. The van der Waals surface area contributed by atoms with Crippen LogP contribution in [0.15, 0.2) is 30.5 Å². The van der Waals surface area contributed by atoms with Gasteiger partial charge in [-0.2, -0.15) is 0 Å². The minimum absolute atomic E-state index is 0.615. The summed E-state index contributed by atoms with van der Waals surface area (Å²) in [6.45, 7) is 5.25. The Kier molecular flexibility index (Phi) is 3.50.